The Kier molecular flexibility index (Phi) is 4.56. The van der Waals surface area contributed by atoms with Crippen LogP contribution in [0.2, 0.25) is 5.02 Å². The highest BCUT2D eigenvalue weighted by molar-refractivity contribution is 6.30. The third kappa shape index (κ3) is 3.21. The molecular weight excluding hydrogens is 298 g/mol. The average Bonchev–Trinajstić information content (AvgIpc) is 2.98. The van der Waals surface area contributed by atoms with Crippen molar-refractivity contribution in [1.29, 1.82) is 0 Å². The second-order valence-corrected chi connectivity index (χ2v) is 5.43. The molecule has 4 heteroatoms. The maximum Gasteiger partial charge on any atom is 0.226 e. The molecule has 112 valence electrons. The molecule has 2 aromatic carbocycles. The van der Waals surface area contributed by atoms with Crippen LogP contribution in [-0.4, -0.2) is 16.7 Å². The molecule has 22 heavy (non-hydrogen) atoms. The number of hydrogen-bond acceptors (Lipinski definition) is 3. The van der Waals surface area contributed by atoms with E-state index in [0.717, 1.165) is 22.6 Å². The van der Waals surface area contributed by atoms with Crippen molar-refractivity contribution in [3.05, 3.63) is 65.4 Å². The smallest absolute Gasteiger partial charge is 0.226 e. The number of aliphatic hydroxyl groups is 1. The van der Waals surface area contributed by atoms with Crippen LogP contribution in [0, 0.1) is 0 Å². The Hall–Kier alpha value is -2.10. The van der Waals surface area contributed by atoms with Gasteiger partial charge in [-0.2, -0.15) is 0 Å². The molecular formula is C18H16ClNO2. The van der Waals surface area contributed by atoms with Crippen molar-refractivity contribution < 1.29 is 9.52 Å². The van der Waals surface area contributed by atoms with Crippen LogP contribution >= 0.6 is 11.6 Å². The van der Waals surface area contributed by atoms with Gasteiger partial charge in [0, 0.05) is 29.2 Å². The molecule has 0 atom stereocenters. The number of rotatable bonds is 5. The van der Waals surface area contributed by atoms with Gasteiger partial charge < -0.3 is 9.52 Å². The van der Waals surface area contributed by atoms with Gasteiger partial charge in [-0.1, -0.05) is 41.9 Å². The van der Waals surface area contributed by atoms with Gasteiger partial charge >= 0.3 is 0 Å². The molecule has 0 unspecified atom stereocenters. The van der Waals surface area contributed by atoms with Crippen LogP contribution in [0.15, 0.2) is 59.0 Å². The molecule has 0 spiro atoms. The lowest BCUT2D eigenvalue weighted by Crippen LogP contribution is -1.90. The second-order valence-electron chi connectivity index (χ2n) is 4.99. The summed E-state index contributed by atoms with van der Waals surface area (Å²) in [7, 11) is 0. The maximum atomic E-state index is 9.07. The molecule has 0 saturated carbocycles. The first-order valence-electron chi connectivity index (χ1n) is 7.20. The standard InChI is InChI=1S/C18H16ClNO2/c19-15-10-8-13(9-11-15)17-16(7-4-12-21)22-18(20-17)14-5-2-1-3-6-14/h1-3,5-6,8-11,21H,4,7,12H2. The highest BCUT2D eigenvalue weighted by Crippen LogP contribution is 2.30. The molecule has 0 radical (unpaired) electrons. The Morgan fingerprint density at radius 2 is 1.68 bits per heavy atom. The normalized spacial score (nSPS) is 10.8. The van der Waals surface area contributed by atoms with Gasteiger partial charge in [0.15, 0.2) is 0 Å². The Balaban J connectivity index is 2.03. The van der Waals surface area contributed by atoms with Crippen molar-refractivity contribution in [3.63, 3.8) is 0 Å². The molecule has 3 nitrogen and oxygen atoms in total. The minimum Gasteiger partial charge on any atom is -0.441 e. The quantitative estimate of drug-likeness (QED) is 0.749. The van der Waals surface area contributed by atoms with E-state index in [0.29, 0.717) is 23.8 Å². The summed E-state index contributed by atoms with van der Waals surface area (Å²) in [5, 5.41) is 9.76. The maximum absolute atomic E-state index is 9.07. The van der Waals surface area contributed by atoms with E-state index in [1.165, 1.54) is 0 Å². The fourth-order valence-corrected chi connectivity index (χ4v) is 2.42. The largest absolute Gasteiger partial charge is 0.441 e. The van der Waals surface area contributed by atoms with Crippen LogP contribution in [0.5, 0.6) is 0 Å². The van der Waals surface area contributed by atoms with E-state index in [9.17, 15) is 0 Å². The predicted octanol–water partition coefficient (Wildman–Crippen LogP) is 4.59. The van der Waals surface area contributed by atoms with Gasteiger partial charge in [-0.15, -0.1) is 0 Å². The molecule has 0 bridgehead atoms. The highest BCUT2D eigenvalue weighted by Gasteiger charge is 2.15. The van der Waals surface area contributed by atoms with Crippen molar-refractivity contribution in [1.82, 2.24) is 4.98 Å². The van der Waals surface area contributed by atoms with E-state index in [4.69, 9.17) is 21.1 Å². The predicted molar refractivity (Wildman–Crippen MR) is 87.8 cm³/mol. The summed E-state index contributed by atoms with van der Waals surface area (Å²) in [5.74, 6) is 1.38. The number of halogens is 1. The number of benzene rings is 2. The molecule has 0 aliphatic heterocycles. The van der Waals surface area contributed by atoms with Crippen LogP contribution in [0.3, 0.4) is 0 Å². The molecule has 0 aliphatic rings. The van der Waals surface area contributed by atoms with E-state index in [-0.39, 0.29) is 6.61 Å². The van der Waals surface area contributed by atoms with E-state index in [1.807, 2.05) is 54.6 Å². The number of oxazole rings is 1. The summed E-state index contributed by atoms with van der Waals surface area (Å²) >= 11 is 5.95. The van der Waals surface area contributed by atoms with Gasteiger partial charge in [0.25, 0.3) is 0 Å². The van der Waals surface area contributed by atoms with Gasteiger partial charge in [-0.3, -0.25) is 0 Å². The van der Waals surface area contributed by atoms with Gasteiger partial charge in [0.2, 0.25) is 5.89 Å². The lowest BCUT2D eigenvalue weighted by molar-refractivity contribution is 0.284. The molecule has 1 N–H and O–H groups in total. The van der Waals surface area contributed by atoms with Crippen molar-refractivity contribution >= 4 is 11.6 Å². The molecule has 0 aliphatic carbocycles. The zero-order chi connectivity index (χ0) is 15.4. The van der Waals surface area contributed by atoms with Gasteiger partial charge in [-0.05, 0) is 30.7 Å². The summed E-state index contributed by atoms with van der Waals surface area (Å²) in [6.45, 7) is 0.126. The fourth-order valence-electron chi connectivity index (χ4n) is 2.30. The third-order valence-corrected chi connectivity index (χ3v) is 3.65. The van der Waals surface area contributed by atoms with Crippen LogP contribution in [0.4, 0.5) is 0 Å². The number of nitrogens with zero attached hydrogens (tertiary/aromatic N) is 1. The highest BCUT2D eigenvalue weighted by atomic mass is 35.5. The Morgan fingerprint density at radius 1 is 0.955 bits per heavy atom. The van der Waals surface area contributed by atoms with E-state index in [1.54, 1.807) is 0 Å². The number of aliphatic hydroxyl groups excluding tert-OH is 1. The summed E-state index contributed by atoms with van der Waals surface area (Å²) < 4.78 is 5.93. The molecule has 0 fully saturated rings. The summed E-state index contributed by atoms with van der Waals surface area (Å²) in [6, 6.07) is 17.3. The van der Waals surface area contributed by atoms with Crippen LogP contribution in [0.25, 0.3) is 22.7 Å². The minimum absolute atomic E-state index is 0.126. The van der Waals surface area contributed by atoms with Crippen LogP contribution in [0.1, 0.15) is 12.2 Å². The lowest BCUT2D eigenvalue weighted by Gasteiger charge is -2.00. The van der Waals surface area contributed by atoms with Crippen molar-refractivity contribution in [2.24, 2.45) is 0 Å². The number of aromatic nitrogens is 1. The van der Waals surface area contributed by atoms with Gasteiger partial charge in [-0.25, -0.2) is 4.98 Å². The van der Waals surface area contributed by atoms with E-state index in [2.05, 4.69) is 4.98 Å². The van der Waals surface area contributed by atoms with Gasteiger partial charge in [0.1, 0.15) is 11.5 Å². The first-order valence-corrected chi connectivity index (χ1v) is 7.57. The molecule has 3 aromatic rings. The van der Waals surface area contributed by atoms with E-state index < -0.39 is 0 Å². The lowest BCUT2D eigenvalue weighted by atomic mass is 10.1. The van der Waals surface area contributed by atoms with E-state index >= 15 is 0 Å². The molecule has 0 saturated heterocycles. The van der Waals surface area contributed by atoms with Crippen LogP contribution < -0.4 is 0 Å². The summed E-state index contributed by atoms with van der Waals surface area (Å²) in [4.78, 5) is 4.64. The second kappa shape index (κ2) is 6.77. The van der Waals surface area contributed by atoms with Crippen molar-refractivity contribution in [2.75, 3.05) is 6.61 Å². The third-order valence-electron chi connectivity index (χ3n) is 3.40. The zero-order valence-electron chi connectivity index (χ0n) is 12.0. The van der Waals surface area contributed by atoms with Crippen molar-refractivity contribution in [3.8, 4) is 22.7 Å². The first-order chi connectivity index (χ1) is 10.8. The molecule has 0 amide bonds. The summed E-state index contributed by atoms with van der Waals surface area (Å²) in [5.41, 5.74) is 2.71. The number of hydrogen-bond donors (Lipinski definition) is 1. The number of aryl methyl sites for hydroxylation is 1. The van der Waals surface area contributed by atoms with Crippen LogP contribution in [-0.2, 0) is 6.42 Å². The first kappa shape index (κ1) is 14.8. The fraction of sp³-hybridized carbons (Fsp3) is 0.167. The minimum atomic E-state index is 0.126. The topological polar surface area (TPSA) is 46.3 Å². The molecule has 1 aromatic heterocycles. The Bertz CT molecular complexity index is 736. The molecule has 3 rings (SSSR count). The Morgan fingerprint density at radius 3 is 2.36 bits per heavy atom. The van der Waals surface area contributed by atoms with Crippen molar-refractivity contribution in [2.45, 2.75) is 12.8 Å². The average molecular weight is 314 g/mol. The monoisotopic (exact) mass is 313 g/mol. The summed E-state index contributed by atoms with van der Waals surface area (Å²) in [6.07, 6.45) is 1.29. The SMILES string of the molecule is OCCCc1oc(-c2ccccc2)nc1-c1ccc(Cl)cc1. The zero-order valence-corrected chi connectivity index (χ0v) is 12.8. The van der Waals surface area contributed by atoms with Gasteiger partial charge in [0.05, 0.1) is 0 Å². The Labute approximate surface area is 134 Å². The molecule has 1 heterocycles.